The van der Waals surface area contributed by atoms with E-state index in [2.05, 4.69) is 24.7 Å². The Morgan fingerprint density at radius 1 is 1.23 bits per heavy atom. The van der Waals surface area contributed by atoms with Crippen LogP contribution in [0.4, 0.5) is 0 Å². The molecule has 1 aromatic rings. The number of ether oxygens (including phenoxy) is 2. The fourth-order valence-electron chi connectivity index (χ4n) is 1.84. The molecule has 0 fully saturated rings. The number of carbonyl (C=O) groups is 1. The van der Waals surface area contributed by atoms with Gasteiger partial charge in [-0.15, -0.1) is 0 Å². The Morgan fingerprint density at radius 2 is 1.95 bits per heavy atom. The van der Waals surface area contributed by atoms with Crippen molar-refractivity contribution in [3.05, 3.63) is 47.1 Å². The summed E-state index contributed by atoms with van der Waals surface area (Å²) in [6, 6.07) is 4.40. The lowest BCUT2D eigenvalue weighted by molar-refractivity contribution is 0.0600. The second kappa shape index (κ2) is 8.93. The van der Waals surface area contributed by atoms with E-state index in [1.54, 1.807) is 0 Å². The van der Waals surface area contributed by atoms with Gasteiger partial charge in [-0.1, -0.05) is 17.2 Å². The normalized spacial score (nSPS) is 11.0. The molecule has 4 nitrogen and oxygen atoms in total. The van der Waals surface area contributed by atoms with Crippen LogP contribution < -0.4 is 4.74 Å². The molecule has 0 amide bonds. The molecule has 1 rings (SSSR count). The van der Waals surface area contributed by atoms with Crippen molar-refractivity contribution in [1.82, 2.24) is 0 Å². The molecule has 0 aliphatic rings. The number of phenols is 1. The summed E-state index contributed by atoms with van der Waals surface area (Å²) in [7, 11) is 1.31. The molecule has 0 saturated heterocycles. The minimum Gasteiger partial charge on any atom is -0.504 e. The van der Waals surface area contributed by atoms with Crippen LogP contribution in [-0.2, 0) is 4.74 Å². The van der Waals surface area contributed by atoms with Gasteiger partial charge in [0.15, 0.2) is 11.5 Å². The van der Waals surface area contributed by atoms with Gasteiger partial charge in [-0.25, -0.2) is 4.79 Å². The molecule has 1 N–H and O–H groups in total. The van der Waals surface area contributed by atoms with E-state index in [0.717, 1.165) is 12.8 Å². The highest BCUT2D eigenvalue weighted by Crippen LogP contribution is 2.27. The van der Waals surface area contributed by atoms with Crippen LogP contribution >= 0.6 is 0 Å². The Bertz CT molecular complexity index is 566. The molecule has 22 heavy (non-hydrogen) atoms. The van der Waals surface area contributed by atoms with Crippen molar-refractivity contribution in [3.8, 4) is 11.5 Å². The molecule has 0 bridgehead atoms. The summed E-state index contributed by atoms with van der Waals surface area (Å²) in [4.78, 5) is 11.5. The standard InChI is InChI=1S/C18H24O4/c1-13(2)6-5-7-14(3)10-11-22-17-12-15(18(20)21-4)8-9-16(17)19/h6,8-10,12,19H,5,7,11H2,1-4H3/b14-10+. The Morgan fingerprint density at radius 3 is 2.59 bits per heavy atom. The quantitative estimate of drug-likeness (QED) is 0.604. The molecule has 0 atom stereocenters. The monoisotopic (exact) mass is 304 g/mol. The van der Waals surface area contributed by atoms with Crippen LogP contribution in [0.5, 0.6) is 11.5 Å². The van der Waals surface area contributed by atoms with E-state index in [4.69, 9.17) is 4.74 Å². The maximum atomic E-state index is 11.5. The summed E-state index contributed by atoms with van der Waals surface area (Å²) in [5.41, 5.74) is 2.88. The van der Waals surface area contributed by atoms with Crippen molar-refractivity contribution in [3.63, 3.8) is 0 Å². The first-order chi connectivity index (χ1) is 10.4. The van der Waals surface area contributed by atoms with Crippen LogP contribution in [0.3, 0.4) is 0 Å². The van der Waals surface area contributed by atoms with Gasteiger partial charge in [0.1, 0.15) is 6.61 Å². The van der Waals surface area contributed by atoms with Gasteiger partial charge in [-0.3, -0.25) is 0 Å². The van der Waals surface area contributed by atoms with Crippen LogP contribution in [0.15, 0.2) is 41.5 Å². The molecule has 0 aliphatic carbocycles. The third-order valence-electron chi connectivity index (χ3n) is 3.14. The Labute approximate surface area is 132 Å². The number of rotatable bonds is 7. The molecular weight excluding hydrogens is 280 g/mol. The smallest absolute Gasteiger partial charge is 0.337 e. The van der Waals surface area contributed by atoms with Crippen LogP contribution in [0.2, 0.25) is 0 Å². The summed E-state index contributed by atoms with van der Waals surface area (Å²) < 4.78 is 10.2. The fourth-order valence-corrected chi connectivity index (χ4v) is 1.84. The molecule has 0 saturated carbocycles. The number of aromatic hydroxyl groups is 1. The number of phenolic OH excluding ortho intramolecular Hbond substituents is 1. The maximum absolute atomic E-state index is 11.5. The molecule has 120 valence electrons. The first-order valence-electron chi connectivity index (χ1n) is 7.27. The van der Waals surface area contributed by atoms with E-state index in [1.807, 2.05) is 13.0 Å². The van der Waals surface area contributed by atoms with E-state index in [0.29, 0.717) is 12.2 Å². The van der Waals surface area contributed by atoms with Gasteiger partial charge in [0.2, 0.25) is 0 Å². The van der Waals surface area contributed by atoms with Crippen LogP contribution in [-0.4, -0.2) is 24.8 Å². The number of allylic oxidation sites excluding steroid dienone is 3. The van der Waals surface area contributed by atoms with Crippen LogP contribution in [0.25, 0.3) is 0 Å². The molecule has 0 aromatic heterocycles. The van der Waals surface area contributed by atoms with E-state index >= 15 is 0 Å². The maximum Gasteiger partial charge on any atom is 0.337 e. The molecule has 1 aromatic carbocycles. The molecule has 0 unspecified atom stereocenters. The highest BCUT2D eigenvalue weighted by atomic mass is 16.5. The minimum atomic E-state index is -0.460. The Kier molecular flexibility index (Phi) is 7.23. The number of hydrogen-bond donors (Lipinski definition) is 1. The van der Waals surface area contributed by atoms with Gasteiger partial charge >= 0.3 is 5.97 Å². The lowest BCUT2D eigenvalue weighted by Gasteiger charge is -2.08. The topological polar surface area (TPSA) is 55.8 Å². The summed E-state index contributed by atoms with van der Waals surface area (Å²) in [6.07, 6.45) is 6.16. The number of carbonyl (C=O) groups excluding carboxylic acids is 1. The van der Waals surface area contributed by atoms with Crippen molar-refractivity contribution in [1.29, 1.82) is 0 Å². The first-order valence-corrected chi connectivity index (χ1v) is 7.27. The van der Waals surface area contributed by atoms with Crippen molar-refractivity contribution in [2.45, 2.75) is 33.6 Å². The van der Waals surface area contributed by atoms with Gasteiger partial charge in [0, 0.05) is 0 Å². The van der Waals surface area contributed by atoms with Crippen LogP contribution in [0.1, 0.15) is 44.0 Å². The van der Waals surface area contributed by atoms with Crippen molar-refractivity contribution < 1.29 is 19.4 Å². The molecule has 0 radical (unpaired) electrons. The largest absolute Gasteiger partial charge is 0.504 e. The summed E-state index contributed by atoms with van der Waals surface area (Å²) in [5, 5.41) is 9.75. The number of hydrogen-bond acceptors (Lipinski definition) is 4. The predicted molar refractivity (Wildman–Crippen MR) is 87.4 cm³/mol. The SMILES string of the molecule is COC(=O)c1ccc(O)c(OC/C=C(\C)CCC=C(C)C)c1. The zero-order chi connectivity index (χ0) is 16.5. The Hall–Kier alpha value is -2.23. The summed E-state index contributed by atoms with van der Waals surface area (Å²) in [6.45, 7) is 6.56. The van der Waals surface area contributed by atoms with Gasteiger partial charge in [0.05, 0.1) is 12.7 Å². The van der Waals surface area contributed by atoms with Crippen molar-refractivity contribution in [2.75, 3.05) is 13.7 Å². The second-order valence-corrected chi connectivity index (χ2v) is 5.36. The van der Waals surface area contributed by atoms with E-state index < -0.39 is 5.97 Å². The lowest BCUT2D eigenvalue weighted by atomic mass is 10.1. The lowest BCUT2D eigenvalue weighted by Crippen LogP contribution is -2.02. The summed E-state index contributed by atoms with van der Waals surface area (Å²) >= 11 is 0. The molecule has 4 heteroatoms. The van der Waals surface area contributed by atoms with Gasteiger partial charge in [-0.05, 0) is 57.9 Å². The van der Waals surface area contributed by atoms with Crippen molar-refractivity contribution in [2.24, 2.45) is 0 Å². The average Bonchev–Trinajstić information content (AvgIpc) is 2.48. The second-order valence-electron chi connectivity index (χ2n) is 5.36. The highest BCUT2D eigenvalue weighted by Gasteiger charge is 2.09. The zero-order valence-corrected chi connectivity index (χ0v) is 13.7. The van der Waals surface area contributed by atoms with Crippen LogP contribution in [0, 0.1) is 0 Å². The van der Waals surface area contributed by atoms with E-state index in [1.165, 1.54) is 36.5 Å². The third kappa shape index (κ3) is 6.04. The molecule has 0 heterocycles. The minimum absolute atomic E-state index is 0.00301. The molecular formula is C18H24O4. The van der Waals surface area contributed by atoms with Gasteiger partial charge in [-0.2, -0.15) is 0 Å². The van der Waals surface area contributed by atoms with E-state index in [9.17, 15) is 9.90 Å². The summed E-state index contributed by atoms with van der Waals surface area (Å²) in [5.74, 6) is -0.183. The molecule has 0 spiro atoms. The zero-order valence-electron chi connectivity index (χ0n) is 13.7. The number of methoxy groups -OCH3 is 1. The predicted octanol–water partition coefficient (Wildman–Crippen LogP) is 4.25. The third-order valence-corrected chi connectivity index (χ3v) is 3.14. The van der Waals surface area contributed by atoms with Gasteiger partial charge in [0.25, 0.3) is 0 Å². The van der Waals surface area contributed by atoms with Gasteiger partial charge < -0.3 is 14.6 Å². The Balaban J connectivity index is 2.60. The number of esters is 1. The van der Waals surface area contributed by atoms with E-state index in [-0.39, 0.29) is 11.5 Å². The fraction of sp³-hybridized carbons (Fsp3) is 0.389. The highest BCUT2D eigenvalue weighted by molar-refractivity contribution is 5.90. The first kappa shape index (κ1) is 17.8. The number of benzene rings is 1. The molecule has 0 aliphatic heterocycles. The van der Waals surface area contributed by atoms with Crippen molar-refractivity contribution >= 4 is 5.97 Å². The average molecular weight is 304 g/mol.